The Labute approximate surface area is 175 Å². The molecule has 2 aliphatic carbocycles. The quantitative estimate of drug-likeness (QED) is 0.450. The van der Waals surface area contributed by atoms with E-state index in [9.17, 15) is 24.0 Å². The van der Waals surface area contributed by atoms with Crippen LogP contribution in [-0.2, 0) is 19.1 Å². The number of urea groups is 2. The third kappa shape index (κ3) is 4.57. The molecule has 3 fully saturated rings. The van der Waals surface area contributed by atoms with Crippen molar-refractivity contribution in [1.29, 1.82) is 0 Å². The first-order valence-electron chi connectivity index (χ1n) is 10.7. The molecule has 166 valence electrons. The normalized spacial score (nSPS) is 27.7. The summed E-state index contributed by atoms with van der Waals surface area (Å²) in [6.45, 7) is 2.67. The van der Waals surface area contributed by atoms with E-state index >= 15 is 0 Å². The number of amides is 6. The van der Waals surface area contributed by atoms with Crippen LogP contribution in [0, 0.1) is 5.92 Å². The average molecular weight is 422 g/mol. The summed E-state index contributed by atoms with van der Waals surface area (Å²) >= 11 is 0. The van der Waals surface area contributed by atoms with Crippen molar-refractivity contribution in [2.24, 2.45) is 5.92 Å². The summed E-state index contributed by atoms with van der Waals surface area (Å²) in [5, 5.41) is 7.62. The molecule has 3 N–H and O–H groups in total. The van der Waals surface area contributed by atoms with E-state index in [1.165, 1.54) is 6.92 Å². The topological polar surface area (TPSA) is 134 Å². The second-order valence-electron chi connectivity index (χ2n) is 8.52. The molecule has 1 saturated heterocycles. The molecule has 2 saturated carbocycles. The summed E-state index contributed by atoms with van der Waals surface area (Å²) in [6.07, 6.45) is 5.77. The summed E-state index contributed by atoms with van der Waals surface area (Å²) in [6, 6.07) is -1.21. The number of carbonyl (C=O) groups is 5. The molecule has 0 aromatic heterocycles. The lowest BCUT2D eigenvalue weighted by Crippen LogP contribution is -2.54. The van der Waals surface area contributed by atoms with Crippen LogP contribution in [0.15, 0.2) is 0 Å². The Kier molecular flexibility index (Phi) is 6.62. The number of rotatable bonds is 5. The monoisotopic (exact) mass is 422 g/mol. The van der Waals surface area contributed by atoms with Crippen LogP contribution in [0.2, 0.25) is 0 Å². The zero-order valence-electron chi connectivity index (χ0n) is 17.5. The Morgan fingerprint density at radius 2 is 1.83 bits per heavy atom. The highest BCUT2D eigenvalue weighted by molar-refractivity contribution is 6.09. The zero-order valence-corrected chi connectivity index (χ0v) is 17.5. The highest BCUT2D eigenvalue weighted by atomic mass is 16.5. The first kappa shape index (κ1) is 22.0. The lowest BCUT2D eigenvalue weighted by atomic mass is 9.73. The van der Waals surface area contributed by atoms with Crippen molar-refractivity contribution in [3.05, 3.63) is 0 Å². The highest BCUT2D eigenvalue weighted by Gasteiger charge is 2.55. The molecule has 0 aromatic rings. The SMILES string of the molecule is CC(OC(=O)CN1C(=O)NC2(CCCCC2C)C1=O)C(=O)NC(=O)NC1CCCC1. The van der Waals surface area contributed by atoms with Gasteiger partial charge in [-0.2, -0.15) is 0 Å². The van der Waals surface area contributed by atoms with Gasteiger partial charge in [0.15, 0.2) is 6.10 Å². The second-order valence-corrected chi connectivity index (χ2v) is 8.52. The Balaban J connectivity index is 1.49. The lowest BCUT2D eigenvalue weighted by molar-refractivity contribution is -0.156. The van der Waals surface area contributed by atoms with Crippen LogP contribution in [0.4, 0.5) is 9.59 Å². The van der Waals surface area contributed by atoms with Crippen LogP contribution in [0.3, 0.4) is 0 Å². The van der Waals surface area contributed by atoms with Gasteiger partial charge < -0.3 is 15.4 Å². The van der Waals surface area contributed by atoms with Gasteiger partial charge in [0.25, 0.3) is 11.8 Å². The standard InChI is InChI=1S/C20H30N4O6/c1-12-7-5-6-10-20(12)17(27)24(19(29)23-20)11-15(25)30-13(2)16(26)22-18(28)21-14-8-3-4-9-14/h12-14H,3-11H2,1-2H3,(H,23,29)(H2,21,22,26,28). The lowest BCUT2D eigenvalue weighted by Gasteiger charge is -2.36. The molecule has 1 heterocycles. The van der Waals surface area contributed by atoms with Gasteiger partial charge in [-0.05, 0) is 38.5 Å². The van der Waals surface area contributed by atoms with Crippen molar-refractivity contribution in [2.45, 2.75) is 82.9 Å². The number of nitrogens with zero attached hydrogens (tertiary/aromatic N) is 1. The van der Waals surface area contributed by atoms with Crippen LogP contribution in [0.1, 0.15) is 65.2 Å². The molecule has 3 unspecified atom stereocenters. The summed E-state index contributed by atoms with van der Waals surface area (Å²) in [7, 11) is 0. The van der Waals surface area contributed by atoms with Crippen molar-refractivity contribution < 1.29 is 28.7 Å². The van der Waals surface area contributed by atoms with E-state index < -0.39 is 48.0 Å². The Hall–Kier alpha value is -2.65. The van der Waals surface area contributed by atoms with Gasteiger partial charge >= 0.3 is 18.0 Å². The van der Waals surface area contributed by atoms with E-state index in [4.69, 9.17) is 4.74 Å². The van der Waals surface area contributed by atoms with Crippen LogP contribution in [0.25, 0.3) is 0 Å². The Morgan fingerprint density at radius 1 is 1.17 bits per heavy atom. The molecule has 30 heavy (non-hydrogen) atoms. The van der Waals surface area contributed by atoms with Gasteiger partial charge in [-0.15, -0.1) is 0 Å². The van der Waals surface area contributed by atoms with Gasteiger partial charge in [-0.1, -0.05) is 32.6 Å². The van der Waals surface area contributed by atoms with Crippen LogP contribution >= 0.6 is 0 Å². The third-order valence-electron chi connectivity index (χ3n) is 6.39. The summed E-state index contributed by atoms with van der Waals surface area (Å²) in [5.41, 5.74) is -0.961. The maximum Gasteiger partial charge on any atom is 0.327 e. The van der Waals surface area contributed by atoms with Crippen molar-refractivity contribution in [1.82, 2.24) is 20.9 Å². The van der Waals surface area contributed by atoms with Gasteiger partial charge in [-0.25, -0.2) is 9.59 Å². The molecular weight excluding hydrogens is 392 g/mol. The van der Waals surface area contributed by atoms with Crippen molar-refractivity contribution >= 4 is 29.8 Å². The summed E-state index contributed by atoms with van der Waals surface area (Å²) in [5.74, 6) is -2.11. The van der Waals surface area contributed by atoms with Gasteiger partial charge in [0, 0.05) is 6.04 Å². The van der Waals surface area contributed by atoms with Gasteiger partial charge in [-0.3, -0.25) is 24.6 Å². The molecule has 10 nitrogen and oxygen atoms in total. The molecular formula is C20H30N4O6. The largest absolute Gasteiger partial charge is 0.451 e. The molecule has 3 aliphatic rings. The molecule has 0 aromatic carbocycles. The molecule has 3 rings (SSSR count). The predicted octanol–water partition coefficient (Wildman–Crippen LogP) is 1.19. The maximum absolute atomic E-state index is 12.9. The molecule has 0 radical (unpaired) electrons. The molecule has 1 spiro atoms. The number of imide groups is 2. The fraction of sp³-hybridized carbons (Fsp3) is 0.750. The fourth-order valence-electron chi connectivity index (χ4n) is 4.56. The highest BCUT2D eigenvalue weighted by Crippen LogP contribution is 2.38. The van der Waals surface area contributed by atoms with Crippen LogP contribution < -0.4 is 16.0 Å². The molecule has 10 heteroatoms. The minimum atomic E-state index is -1.24. The van der Waals surface area contributed by atoms with Crippen molar-refractivity contribution in [3.8, 4) is 0 Å². The van der Waals surface area contributed by atoms with Crippen molar-refractivity contribution in [2.75, 3.05) is 6.54 Å². The number of esters is 1. The summed E-state index contributed by atoms with van der Waals surface area (Å²) < 4.78 is 5.04. The molecule has 3 atom stereocenters. The smallest absolute Gasteiger partial charge is 0.327 e. The Bertz CT molecular complexity index is 735. The van der Waals surface area contributed by atoms with E-state index in [1.54, 1.807) is 0 Å². The number of hydrogen-bond acceptors (Lipinski definition) is 6. The average Bonchev–Trinajstić information content (AvgIpc) is 3.27. The van der Waals surface area contributed by atoms with E-state index in [0.717, 1.165) is 49.8 Å². The Morgan fingerprint density at radius 3 is 2.50 bits per heavy atom. The van der Waals surface area contributed by atoms with E-state index in [0.29, 0.717) is 6.42 Å². The number of ether oxygens (including phenoxy) is 1. The minimum Gasteiger partial charge on any atom is -0.451 e. The number of nitrogens with one attached hydrogen (secondary N) is 3. The molecule has 0 bridgehead atoms. The fourth-order valence-corrected chi connectivity index (χ4v) is 4.56. The van der Waals surface area contributed by atoms with Crippen LogP contribution in [-0.4, -0.2) is 59.0 Å². The van der Waals surface area contributed by atoms with Crippen LogP contribution in [0.5, 0.6) is 0 Å². The first-order valence-corrected chi connectivity index (χ1v) is 10.7. The van der Waals surface area contributed by atoms with E-state index in [1.807, 2.05) is 6.92 Å². The van der Waals surface area contributed by atoms with E-state index in [2.05, 4.69) is 16.0 Å². The predicted molar refractivity (Wildman–Crippen MR) is 105 cm³/mol. The van der Waals surface area contributed by atoms with Gasteiger partial charge in [0.05, 0.1) is 0 Å². The summed E-state index contributed by atoms with van der Waals surface area (Å²) in [4.78, 5) is 62.3. The second kappa shape index (κ2) is 9.01. The zero-order chi connectivity index (χ0) is 21.9. The number of carbonyl (C=O) groups excluding carboxylic acids is 5. The molecule has 6 amide bonds. The van der Waals surface area contributed by atoms with Gasteiger partial charge in [0.2, 0.25) is 0 Å². The first-order chi connectivity index (χ1) is 14.2. The van der Waals surface area contributed by atoms with Gasteiger partial charge in [0.1, 0.15) is 12.1 Å². The third-order valence-corrected chi connectivity index (χ3v) is 6.39. The number of hydrogen-bond donors (Lipinski definition) is 3. The molecule has 1 aliphatic heterocycles. The minimum absolute atomic E-state index is 0.0215. The van der Waals surface area contributed by atoms with E-state index in [-0.39, 0.29) is 12.0 Å². The maximum atomic E-state index is 12.9. The van der Waals surface area contributed by atoms with Crippen molar-refractivity contribution in [3.63, 3.8) is 0 Å².